The van der Waals surface area contributed by atoms with Crippen molar-refractivity contribution in [2.75, 3.05) is 0 Å². The maximum absolute atomic E-state index is 10.9. The Kier molecular flexibility index (Phi) is 4.44. The molecule has 0 aliphatic carbocycles. The highest BCUT2D eigenvalue weighted by Gasteiger charge is 2.48. The zero-order valence-electron chi connectivity index (χ0n) is 7.31. The van der Waals surface area contributed by atoms with Crippen LogP contribution in [0.1, 0.15) is 11.1 Å². The van der Waals surface area contributed by atoms with Gasteiger partial charge in [0.15, 0.2) is 4.33 Å². The molecule has 1 rings (SSSR count). The number of rotatable bonds is 2. The molecule has 1 nitrogen and oxygen atoms in total. The van der Waals surface area contributed by atoms with Crippen LogP contribution < -0.4 is 0 Å². The van der Waals surface area contributed by atoms with E-state index in [2.05, 4.69) is 0 Å². The molecule has 0 unspecified atom stereocenters. The molecule has 1 aromatic rings. The Balaban J connectivity index is 3.26. The van der Waals surface area contributed by atoms with Crippen LogP contribution in [0.25, 0.3) is 0 Å². The van der Waals surface area contributed by atoms with Crippen LogP contribution in [0, 0.1) is 0 Å². The fourth-order valence-corrected chi connectivity index (χ4v) is 1.78. The van der Waals surface area contributed by atoms with E-state index in [0.717, 1.165) is 0 Å². The molecular formula is C9H6Cl5O. The summed E-state index contributed by atoms with van der Waals surface area (Å²) in [7, 11) is 0. The van der Waals surface area contributed by atoms with Crippen LogP contribution in [-0.4, -0.2) is 3.79 Å². The first-order valence-electron chi connectivity index (χ1n) is 3.91. The topological polar surface area (TPSA) is 19.9 Å². The van der Waals surface area contributed by atoms with E-state index in [0.29, 0.717) is 11.1 Å². The Bertz CT molecular complexity index is 345. The third-order valence-corrected chi connectivity index (χ3v) is 4.27. The second-order valence-corrected chi connectivity index (χ2v) is 6.48. The van der Waals surface area contributed by atoms with Gasteiger partial charge in [0.2, 0.25) is 3.79 Å². The Labute approximate surface area is 113 Å². The predicted octanol–water partition coefficient (Wildman–Crippen LogP) is 4.62. The summed E-state index contributed by atoms with van der Waals surface area (Å²) in [4.78, 5) is 0. The molecule has 0 spiro atoms. The molecule has 6 heteroatoms. The summed E-state index contributed by atoms with van der Waals surface area (Å²) >= 11 is 28.9. The second-order valence-electron chi connectivity index (χ2n) is 2.87. The van der Waals surface area contributed by atoms with Crippen molar-refractivity contribution in [1.82, 2.24) is 0 Å². The Morgan fingerprint density at radius 1 is 1.00 bits per heavy atom. The first kappa shape index (κ1) is 13.7. The van der Waals surface area contributed by atoms with Crippen molar-refractivity contribution in [3.8, 4) is 0 Å². The number of hydrogen-bond acceptors (Lipinski definition) is 0. The summed E-state index contributed by atoms with van der Waals surface area (Å²) in [6.07, 6.45) is 0. The first-order valence-corrected chi connectivity index (χ1v) is 5.80. The fraction of sp³-hybridized carbons (Fsp3) is 0.333. The van der Waals surface area contributed by atoms with Crippen molar-refractivity contribution in [3.63, 3.8) is 0 Å². The summed E-state index contributed by atoms with van der Waals surface area (Å²) < 4.78 is -3.64. The minimum Gasteiger partial charge on any atom is -0.232 e. The van der Waals surface area contributed by atoms with Crippen LogP contribution >= 0.6 is 58.0 Å². The lowest BCUT2D eigenvalue weighted by Gasteiger charge is -2.29. The molecule has 0 atom stereocenters. The van der Waals surface area contributed by atoms with Crippen molar-refractivity contribution < 1.29 is 5.11 Å². The summed E-state index contributed by atoms with van der Waals surface area (Å²) in [5.74, 6) is 0. The monoisotopic (exact) mass is 305 g/mol. The van der Waals surface area contributed by atoms with Crippen LogP contribution in [-0.2, 0) is 16.0 Å². The van der Waals surface area contributed by atoms with Crippen LogP contribution in [0.3, 0.4) is 0 Å². The van der Waals surface area contributed by atoms with Gasteiger partial charge in [-0.1, -0.05) is 82.3 Å². The van der Waals surface area contributed by atoms with E-state index in [-0.39, 0.29) is 0 Å². The Morgan fingerprint density at radius 2 is 1.53 bits per heavy atom. The van der Waals surface area contributed by atoms with Crippen molar-refractivity contribution in [3.05, 3.63) is 35.4 Å². The molecule has 0 saturated carbocycles. The van der Waals surface area contributed by atoms with Gasteiger partial charge in [0.05, 0.1) is 0 Å². The maximum Gasteiger partial charge on any atom is 0.227 e. The molecule has 1 radical (unpaired) electrons. The molecule has 0 aromatic heterocycles. The molecule has 0 heterocycles. The molecule has 0 aliphatic heterocycles. The Morgan fingerprint density at radius 3 is 2.00 bits per heavy atom. The van der Waals surface area contributed by atoms with E-state index >= 15 is 0 Å². The van der Waals surface area contributed by atoms with Crippen molar-refractivity contribution >= 4 is 58.0 Å². The summed E-state index contributed by atoms with van der Waals surface area (Å²) in [6.45, 7) is -0.474. The summed E-state index contributed by atoms with van der Waals surface area (Å²) in [5.41, 5.74) is 0.733. The zero-order chi connectivity index (χ0) is 11.7. The number of alkyl halides is 5. The molecule has 0 aliphatic rings. The van der Waals surface area contributed by atoms with Gasteiger partial charge < -0.3 is 0 Å². The van der Waals surface area contributed by atoms with Gasteiger partial charge in [-0.15, -0.1) is 0 Å². The Hall–Kier alpha value is 0.630. The third kappa shape index (κ3) is 2.85. The standard InChI is InChI=1S/C9H6Cl5O/c10-8(11,9(12,13)14)7-4-2-1-3-6(7)5-15/h1-4H,5H2. The van der Waals surface area contributed by atoms with E-state index < -0.39 is 14.7 Å². The lowest BCUT2D eigenvalue weighted by molar-refractivity contribution is 0.176. The average molecular weight is 307 g/mol. The third-order valence-electron chi connectivity index (χ3n) is 1.87. The van der Waals surface area contributed by atoms with E-state index in [9.17, 15) is 5.11 Å². The molecular weight excluding hydrogens is 301 g/mol. The largest absolute Gasteiger partial charge is 0.232 e. The molecule has 1 aromatic carbocycles. The lowest BCUT2D eigenvalue weighted by Crippen LogP contribution is -2.29. The van der Waals surface area contributed by atoms with Crippen LogP contribution in [0.15, 0.2) is 24.3 Å². The van der Waals surface area contributed by atoms with E-state index in [1.165, 1.54) is 0 Å². The average Bonchev–Trinajstić information content (AvgIpc) is 2.16. The quantitative estimate of drug-likeness (QED) is 0.711. The van der Waals surface area contributed by atoms with Gasteiger partial charge in [-0.3, -0.25) is 0 Å². The van der Waals surface area contributed by atoms with Gasteiger partial charge in [-0.25, -0.2) is 5.11 Å². The summed E-state index contributed by atoms with van der Waals surface area (Å²) in [5, 5.41) is 10.9. The molecule has 0 saturated heterocycles. The van der Waals surface area contributed by atoms with Gasteiger partial charge in [0, 0.05) is 0 Å². The zero-order valence-corrected chi connectivity index (χ0v) is 11.1. The number of hydrogen-bond donors (Lipinski definition) is 0. The van der Waals surface area contributed by atoms with Crippen LogP contribution in [0.2, 0.25) is 0 Å². The maximum atomic E-state index is 10.9. The highest BCUT2D eigenvalue weighted by molar-refractivity contribution is 6.75. The van der Waals surface area contributed by atoms with Crippen LogP contribution in [0.4, 0.5) is 0 Å². The molecule has 0 N–H and O–H groups in total. The molecule has 0 amide bonds. The molecule has 83 valence electrons. The fourth-order valence-electron chi connectivity index (χ4n) is 1.11. The smallest absolute Gasteiger partial charge is 0.227 e. The minimum absolute atomic E-state index is 0.323. The van der Waals surface area contributed by atoms with Gasteiger partial charge in [0.25, 0.3) is 0 Å². The van der Waals surface area contributed by atoms with Crippen LogP contribution in [0.5, 0.6) is 0 Å². The van der Waals surface area contributed by atoms with E-state index in [1.807, 2.05) is 0 Å². The van der Waals surface area contributed by atoms with E-state index in [1.54, 1.807) is 24.3 Å². The molecule has 0 fully saturated rings. The van der Waals surface area contributed by atoms with E-state index in [4.69, 9.17) is 58.0 Å². The highest BCUT2D eigenvalue weighted by atomic mass is 35.6. The van der Waals surface area contributed by atoms with Gasteiger partial charge in [0.1, 0.15) is 6.61 Å². The molecule has 15 heavy (non-hydrogen) atoms. The highest BCUT2D eigenvalue weighted by Crippen LogP contribution is 2.53. The van der Waals surface area contributed by atoms with Crippen molar-refractivity contribution in [1.29, 1.82) is 0 Å². The SMILES string of the molecule is [O]Cc1ccccc1C(Cl)(Cl)C(Cl)(Cl)Cl. The number of benzene rings is 1. The number of halogens is 5. The second kappa shape index (κ2) is 4.87. The van der Waals surface area contributed by atoms with Crippen molar-refractivity contribution in [2.45, 2.75) is 14.7 Å². The normalized spacial score (nSPS) is 12.9. The first-order chi connectivity index (χ1) is 6.80. The van der Waals surface area contributed by atoms with Gasteiger partial charge in [-0.05, 0) is 11.1 Å². The van der Waals surface area contributed by atoms with Gasteiger partial charge >= 0.3 is 0 Å². The lowest BCUT2D eigenvalue weighted by atomic mass is 10.1. The summed E-state index contributed by atoms with van der Waals surface area (Å²) in [6, 6.07) is 6.52. The minimum atomic E-state index is -1.90. The molecule has 0 bridgehead atoms. The van der Waals surface area contributed by atoms with Crippen molar-refractivity contribution in [2.24, 2.45) is 0 Å². The van der Waals surface area contributed by atoms with Gasteiger partial charge in [-0.2, -0.15) is 0 Å². The predicted molar refractivity (Wildman–Crippen MR) is 64.5 cm³/mol.